The molecule has 1 aliphatic carbocycles. The van der Waals surface area contributed by atoms with Crippen LogP contribution in [0.4, 0.5) is 0 Å². The van der Waals surface area contributed by atoms with Crippen molar-refractivity contribution in [1.29, 1.82) is 0 Å². The SMILES string of the molecule is CCNC(=NCc1nc(C)no1)NCCOC1CCCCCC1. The average molecular weight is 323 g/mol. The lowest BCUT2D eigenvalue weighted by molar-refractivity contribution is 0.0468. The van der Waals surface area contributed by atoms with Crippen LogP contribution in [0.2, 0.25) is 0 Å². The Morgan fingerprint density at radius 1 is 1.26 bits per heavy atom. The summed E-state index contributed by atoms with van der Waals surface area (Å²) in [5.41, 5.74) is 0. The summed E-state index contributed by atoms with van der Waals surface area (Å²) >= 11 is 0. The number of aryl methyl sites for hydroxylation is 1. The Hall–Kier alpha value is -1.63. The van der Waals surface area contributed by atoms with Gasteiger partial charge in [0.05, 0.1) is 12.7 Å². The van der Waals surface area contributed by atoms with Crippen LogP contribution < -0.4 is 10.6 Å². The van der Waals surface area contributed by atoms with Gasteiger partial charge in [0.15, 0.2) is 11.8 Å². The van der Waals surface area contributed by atoms with E-state index < -0.39 is 0 Å². The number of hydrogen-bond donors (Lipinski definition) is 2. The third-order valence-corrected chi connectivity index (χ3v) is 3.84. The first kappa shape index (κ1) is 17.7. The molecule has 23 heavy (non-hydrogen) atoms. The van der Waals surface area contributed by atoms with E-state index in [0.29, 0.717) is 31.0 Å². The molecule has 130 valence electrons. The number of guanidine groups is 1. The zero-order chi connectivity index (χ0) is 16.3. The summed E-state index contributed by atoms with van der Waals surface area (Å²) in [6.45, 7) is 6.46. The largest absolute Gasteiger partial charge is 0.376 e. The maximum absolute atomic E-state index is 5.97. The van der Waals surface area contributed by atoms with E-state index in [1.54, 1.807) is 6.92 Å². The van der Waals surface area contributed by atoms with E-state index in [1.165, 1.54) is 38.5 Å². The van der Waals surface area contributed by atoms with Crippen LogP contribution in [0.3, 0.4) is 0 Å². The van der Waals surface area contributed by atoms with Crippen LogP contribution in [0, 0.1) is 6.92 Å². The van der Waals surface area contributed by atoms with E-state index in [4.69, 9.17) is 9.26 Å². The summed E-state index contributed by atoms with van der Waals surface area (Å²) in [7, 11) is 0. The van der Waals surface area contributed by atoms with Gasteiger partial charge < -0.3 is 19.9 Å². The van der Waals surface area contributed by atoms with Gasteiger partial charge >= 0.3 is 0 Å². The zero-order valence-corrected chi connectivity index (χ0v) is 14.3. The minimum atomic E-state index is 0.375. The van der Waals surface area contributed by atoms with Crippen molar-refractivity contribution in [1.82, 2.24) is 20.8 Å². The highest BCUT2D eigenvalue weighted by atomic mass is 16.5. The molecule has 0 spiro atoms. The van der Waals surface area contributed by atoms with Gasteiger partial charge in [-0.05, 0) is 26.7 Å². The van der Waals surface area contributed by atoms with E-state index in [-0.39, 0.29) is 0 Å². The molecule has 1 aromatic heterocycles. The van der Waals surface area contributed by atoms with Gasteiger partial charge in [0, 0.05) is 13.1 Å². The molecule has 0 atom stereocenters. The van der Waals surface area contributed by atoms with Crippen LogP contribution in [0.5, 0.6) is 0 Å². The molecule has 1 aromatic rings. The first-order valence-electron chi connectivity index (χ1n) is 8.71. The summed E-state index contributed by atoms with van der Waals surface area (Å²) in [6.07, 6.45) is 8.13. The molecule has 1 aliphatic rings. The van der Waals surface area contributed by atoms with E-state index in [2.05, 4.69) is 25.8 Å². The predicted molar refractivity (Wildman–Crippen MR) is 89.3 cm³/mol. The van der Waals surface area contributed by atoms with Gasteiger partial charge in [-0.15, -0.1) is 0 Å². The van der Waals surface area contributed by atoms with Crippen molar-refractivity contribution in [2.75, 3.05) is 19.7 Å². The number of aliphatic imine (C=N–C) groups is 1. The van der Waals surface area contributed by atoms with Gasteiger partial charge in [0.1, 0.15) is 6.54 Å². The van der Waals surface area contributed by atoms with Crippen LogP contribution in [-0.2, 0) is 11.3 Å². The number of nitrogens with one attached hydrogen (secondary N) is 2. The van der Waals surface area contributed by atoms with Crippen LogP contribution in [0.15, 0.2) is 9.52 Å². The highest BCUT2D eigenvalue weighted by Gasteiger charge is 2.12. The maximum atomic E-state index is 5.97. The Morgan fingerprint density at radius 3 is 2.70 bits per heavy atom. The highest BCUT2D eigenvalue weighted by Crippen LogP contribution is 2.19. The van der Waals surface area contributed by atoms with Crippen molar-refractivity contribution in [2.24, 2.45) is 4.99 Å². The smallest absolute Gasteiger partial charge is 0.248 e. The monoisotopic (exact) mass is 323 g/mol. The molecule has 7 nitrogen and oxygen atoms in total. The summed E-state index contributed by atoms with van der Waals surface area (Å²) in [4.78, 5) is 8.58. The van der Waals surface area contributed by atoms with Crippen molar-refractivity contribution >= 4 is 5.96 Å². The lowest BCUT2D eigenvalue weighted by atomic mass is 10.1. The van der Waals surface area contributed by atoms with Crippen LogP contribution in [0.25, 0.3) is 0 Å². The molecule has 0 amide bonds. The first-order valence-corrected chi connectivity index (χ1v) is 8.71. The molecule has 0 bridgehead atoms. The summed E-state index contributed by atoms with van der Waals surface area (Å²) in [6, 6.07) is 0. The zero-order valence-electron chi connectivity index (χ0n) is 14.3. The molecule has 7 heteroatoms. The van der Waals surface area contributed by atoms with Crippen molar-refractivity contribution in [2.45, 2.75) is 65.0 Å². The van der Waals surface area contributed by atoms with Gasteiger partial charge in [-0.2, -0.15) is 4.98 Å². The minimum Gasteiger partial charge on any atom is -0.376 e. The number of nitrogens with zero attached hydrogens (tertiary/aromatic N) is 3. The summed E-state index contributed by atoms with van der Waals surface area (Å²) in [5, 5.41) is 10.2. The van der Waals surface area contributed by atoms with Gasteiger partial charge in [0.25, 0.3) is 0 Å². The Morgan fingerprint density at radius 2 is 2.04 bits per heavy atom. The van der Waals surface area contributed by atoms with Gasteiger partial charge in [-0.3, -0.25) is 0 Å². The molecule has 0 aromatic carbocycles. The normalized spacial score (nSPS) is 17.0. The van der Waals surface area contributed by atoms with E-state index in [9.17, 15) is 0 Å². The Balaban J connectivity index is 1.69. The number of rotatable bonds is 7. The third-order valence-electron chi connectivity index (χ3n) is 3.84. The van der Waals surface area contributed by atoms with Crippen molar-refractivity contribution < 1.29 is 9.26 Å². The molecular weight excluding hydrogens is 294 g/mol. The Labute approximate surface area is 138 Å². The number of aromatic nitrogens is 2. The molecule has 0 unspecified atom stereocenters. The highest BCUT2D eigenvalue weighted by molar-refractivity contribution is 5.79. The fourth-order valence-electron chi connectivity index (χ4n) is 2.70. The molecule has 2 N–H and O–H groups in total. The molecule has 0 radical (unpaired) electrons. The average Bonchev–Trinajstić information content (AvgIpc) is 2.80. The van der Waals surface area contributed by atoms with Gasteiger partial charge in [-0.1, -0.05) is 30.8 Å². The molecule has 1 heterocycles. The summed E-state index contributed by atoms with van der Waals surface area (Å²) < 4.78 is 11.0. The quantitative estimate of drug-likeness (QED) is 0.346. The topological polar surface area (TPSA) is 84.6 Å². The van der Waals surface area contributed by atoms with E-state index in [0.717, 1.165) is 19.0 Å². The predicted octanol–water partition coefficient (Wildman–Crippen LogP) is 2.17. The molecular formula is C16H29N5O2. The second kappa shape index (κ2) is 10.2. The third kappa shape index (κ3) is 6.99. The summed E-state index contributed by atoms with van der Waals surface area (Å²) in [5.74, 6) is 1.90. The molecule has 2 rings (SSSR count). The number of hydrogen-bond acceptors (Lipinski definition) is 5. The van der Waals surface area contributed by atoms with Crippen molar-refractivity contribution in [3.8, 4) is 0 Å². The van der Waals surface area contributed by atoms with Gasteiger partial charge in [-0.25, -0.2) is 4.99 Å². The first-order chi connectivity index (χ1) is 11.3. The lowest BCUT2D eigenvalue weighted by Crippen LogP contribution is -2.39. The Kier molecular flexibility index (Phi) is 7.86. The van der Waals surface area contributed by atoms with Crippen LogP contribution >= 0.6 is 0 Å². The fourth-order valence-corrected chi connectivity index (χ4v) is 2.70. The van der Waals surface area contributed by atoms with Crippen molar-refractivity contribution in [3.63, 3.8) is 0 Å². The lowest BCUT2D eigenvalue weighted by Gasteiger charge is -2.16. The van der Waals surface area contributed by atoms with E-state index >= 15 is 0 Å². The second-order valence-electron chi connectivity index (χ2n) is 5.84. The molecule has 1 fully saturated rings. The van der Waals surface area contributed by atoms with Crippen molar-refractivity contribution in [3.05, 3.63) is 11.7 Å². The Bertz CT molecular complexity index is 467. The van der Waals surface area contributed by atoms with Crippen LogP contribution in [-0.4, -0.2) is 41.9 Å². The van der Waals surface area contributed by atoms with Gasteiger partial charge in [0.2, 0.25) is 5.89 Å². The molecule has 0 aliphatic heterocycles. The van der Waals surface area contributed by atoms with Crippen LogP contribution in [0.1, 0.15) is 57.2 Å². The van der Waals surface area contributed by atoms with E-state index in [1.807, 2.05) is 6.92 Å². The second-order valence-corrected chi connectivity index (χ2v) is 5.84. The molecule has 0 saturated heterocycles. The standard InChI is InChI=1S/C16H29N5O2/c1-3-17-16(19-12-15-20-13(2)21-23-15)18-10-11-22-14-8-6-4-5-7-9-14/h14H,3-12H2,1-2H3,(H2,17,18,19). The molecule has 1 saturated carbocycles. The maximum Gasteiger partial charge on any atom is 0.248 e. The minimum absolute atomic E-state index is 0.375. The fraction of sp³-hybridized carbons (Fsp3) is 0.812. The number of ether oxygens (including phenoxy) is 1.